The highest BCUT2D eigenvalue weighted by Gasteiger charge is 2.29. The predicted molar refractivity (Wildman–Crippen MR) is 47.1 cm³/mol. The number of halogens is 3. The summed E-state index contributed by atoms with van der Waals surface area (Å²) >= 11 is 0. The third kappa shape index (κ3) is 2.49. The molecule has 0 amide bonds. The molecule has 0 aliphatic carbocycles. The zero-order valence-corrected chi connectivity index (χ0v) is 8.39. The molecule has 14 heavy (non-hydrogen) atoms. The third-order valence-corrected chi connectivity index (χ3v) is 2.09. The highest BCUT2D eigenvalue weighted by Crippen LogP contribution is 2.22. The smallest absolute Gasteiger partial charge is 0.260 e. The Labute approximate surface area is 80.7 Å². The Morgan fingerprint density at radius 2 is 2.00 bits per heavy atom. The molecule has 0 fully saturated rings. The minimum absolute atomic E-state index is 0.206. The van der Waals surface area contributed by atoms with Crippen LogP contribution in [0, 0.1) is 6.92 Å². The first-order valence-electron chi connectivity index (χ1n) is 4.40. The van der Waals surface area contributed by atoms with E-state index in [0.717, 1.165) is 10.2 Å². The normalized spacial score (nSPS) is 12.5. The van der Waals surface area contributed by atoms with Crippen molar-refractivity contribution in [2.24, 2.45) is 0 Å². The van der Waals surface area contributed by atoms with Crippen LogP contribution in [0.25, 0.3) is 0 Å². The van der Waals surface area contributed by atoms with Crippen molar-refractivity contribution in [3.8, 4) is 0 Å². The van der Waals surface area contributed by atoms with E-state index < -0.39 is 12.7 Å². The molecule has 0 saturated carbocycles. The zero-order chi connectivity index (χ0) is 10.9. The molecule has 0 aliphatic rings. The molecule has 0 atom stereocenters. The van der Waals surface area contributed by atoms with Gasteiger partial charge in [0.15, 0.2) is 0 Å². The molecule has 0 N–H and O–H groups in total. The number of alkyl halides is 3. The van der Waals surface area contributed by atoms with Gasteiger partial charge in [-0.3, -0.25) is 4.68 Å². The Kier molecular flexibility index (Phi) is 2.87. The number of aromatic nitrogens is 2. The second-order valence-corrected chi connectivity index (χ2v) is 3.61. The van der Waals surface area contributed by atoms with Crippen LogP contribution >= 0.6 is 0 Å². The van der Waals surface area contributed by atoms with Gasteiger partial charge in [0.2, 0.25) is 0 Å². The molecule has 0 saturated heterocycles. The fourth-order valence-electron chi connectivity index (χ4n) is 1.36. The standard InChI is InChI=1S/C9H13F3N2/c1-6(2)8-4-13-14(7(8)3)5-9(10,11)12/h4,6H,5H2,1-3H3. The Balaban J connectivity index is 2.91. The van der Waals surface area contributed by atoms with Crippen molar-refractivity contribution in [3.63, 3.8) is 0 Å². The zero-order valence-electron chi connectivity index (χ0n) is 8.39. The molecule has 0 aromatic carbocycles. The van der Waals surface area contributed by atoms with Crippen LogP contribution in [0.1, 0.15) is 31.0 Å². The fourth-order valence-corrected chi connectivity index (χ4v) is 1.36. The molecule has 0 radical (unpaired) electrons. The van der Waals surface area contributed by atoms with Crippen molar-refractivity contribution >= 4 is 0 Å². The van der Waals surface area contributed by atoms with Crippen molar-refractivity contribution in [1.82, 2.24) is 9.78 Å². The van der Waals surface area contributed by atoms with Crippen LogP contribution in [0.3, 0.4) is 0 Å². The highest BCUT2D eigenvalue weighted by atomic mass is 19.4. The molecule has 1 aromatic heterocycles. The first-order valence-corrected chi connectivity index (χ1v) is 4.40. The average Bonchev–Trinajstić information content (AvgIpc) is 2.29. The van der Waals surface area contributed by atoms with Gasteiger partial charge in [-0.15, -0.1) is 0 Å². The van der Waals surface area contributed by atoms with Crippen LogP contribution in [0.2, 0.25) is 0 Å². The third-order valence-electron chi connectivity index (χ3n) is 2.09. The van der Waals surface area contributed by atoms with Gasteiger partial charge in [0, 0.05) is 5.69 Å². The maximum atomic E-state index is 12.1. The summed E-state index contributed by atoms with van der Waals surface area (Å²) in [6.07, 6.45) is -2.70. The lowest BCUT2D eigenvalue weighted by Crippen LogP contribution is -2.19. The molecule has 0 spiro atoms. The summed E-state index contributed by atoms with van der Waals surface area (Å²) in [6, 6.07) is 0. The van der Waals surface area contributed by atoms with Crippen molar-refractivity contribution in [3.05, 3.63) is 17.5 Å². The van der Waals surface area contributed by atoms with E-state index in [2.05, 4.69) is 5.10 Å². The van der Waals surface area contributed by atoms with Crippen LogP contribution in [-0.4, -0.2) is 16.0 Å². The van der Waals surface area contributed by atoms with E-state index in [0.29, 0.717) is 5.69 Å². The Morgan fingerprint density at radius 1 is 1.43 bits per heavy atom. The molecule has 1 rings (SSSR count). The van der Waals surface area contributed by atoms with Gasteiger partial charge in [0.1, 0.15) is 6.54 Å². The fraction of sp³-hybridized carbons (Fsp3) is 0.667. The summed E-state index contributed by atoms with van der Waals surface area (Å²) in [7, 11) is 0. The van der Waals surface area contributed by atoms with Crippen LogP contribution in [0.5, 0.6) is 0 Å². The van der Waals surface area contributed by atoms with Crippen molar-refractivity contribution < 1.29 is 13.2 Å². The van der Waals surface area contributed by atoms with Crippen molar-refractivity contribution in [1.29, 1.82) is 0 Å². The van der Waals surface area contributed by atoms with Crippen molar-refractivity contribution in [2.75, 3.05) is 0 Å². The van der Waals surface area contributed by atoms with Gasteiger partial charge in [-0.1, -0.05) is 13.8 Å². The lowest BCUT2D eigenvalue weighted by atomic mass is 10.1. The molecule has 80 valence electrons. The minimum Gasteiger partial charge on any atom is -0.260 e. The van der Waals surface area contributed by atoms with E-state index in [9.17, 15) is 13.2 Å². The van der Waals surface area contributed by atoms with Crippen LogP contribution in [0.15, 0.2) is 6.20 Å². The number of hydrogen-bond acceptors (Lipinski definition) is 1. The topological polar surface area (TPSA) is 17.8 Å². The van der Waals surface area contributed by atoms with E-state index in [1.165, 1.54) is 6.20 Å². The van der Waals surface area contributed by atoms with Crippen molar-refractivity contribution in [2.45, 2.75) is 39.4 Å². The maximum absolute atomic E-state index is 12.1. The van der Waals surface area contributed by atoms with Gasteiger partial charge >= 0.3 is 6.18 Å². The Bertz CT molecular complexity index is 312. The van der Waals surface area contributed by atoms with E-state index >= 15 is 0 Å². The quantitative estimate of drug-likeness (QED) is 0.727. The van der Waals surface area contributed by atoms with E-state index in [4.69, 9.17) is 0 Å². The summed E-state index contributed by atoms with van der Waals surface area (Å²) < 4.78 is 37.2. The first kappa shape index (κ1) is 11.1. The van der Waals surface area contributed by atoms with Gasteiger partial charge in [-0.05, 0) is 18.4 Å². The maximum Gasteiger partial charge on any atom is 0.408 e. The SMILES string of the molecule is Cc1c(C(C)C)cnn1CC(F)(F)F. The molecule has 1 aromatic rings. The number of rotatable bonds is 2. The number of hydrogen-bond donors (Lipinski definition) is 0. The van der Waals surface area contributed by atoms with E-state index in [1.807, 2.05) is 13.8 Å². The van der Waals surface area contributed by atoms with Crippen LogP contribution in [-0.2, 0) is 6.54 Å². The van der Waals surface area contributed by atoms with Gasteiger partial charge in [0.25, 0.3) is 0 Å². The summed E-state index contributed by atoms with van der Waals surface area (Å²) in [6.45, 7) is 4.52. The highest BCUT2D eigenvalue weighted by molar-refractivity contribution is 5.19. The predicted octanol–water partition coefficient (Wildman–Crippen LogP) is 2.88. The Hall–Kier alpha value is -1.00. The van der Waals surface area contributed by atoms with E-state index in [1.54, 1.807) is 6.92 Å². The van der Waals surface area contributed by atoms with E-state index in [-0.39, 0.29) is 5.92 Å². The van der Waals surface area contributed by atoms with Gasteiger partial charge in [-0.2, -0.15) is 18.3 Å². The Morgan fingerprint density at radius 3 is 2.36 bits per heavy atom. The first-order chi connectivity index (χ1) is 6.31. The van der Waals surface area contributed by atoms with Gasteiger partial charge < -0.3 is 0 Å². The largest absolute Gasteiger partial charge is 0.408 e. The molecule has 0 aliphatic heterocycles. The van der Waals surface area contributed by atoms with Gasteiger partial charge in [0.05, 0.1) is 6.20 Å². The molecule has 2 nitrogen and oxygen atoms in total. The summed E-state index contributed by atoms with van der Waals surface area (Å²) in [5.41, 5.74) is 1.46. The second-order valence-electron chi connectivity index (χ2n) is 3.61. The average molecular weight is 206 g/mol. The summed E-state index contributed by atoms with van der Waals surface area (Å²) in [4.78, 5) is 0. The van der Waals surface area contributed by atoms with Crippen LogP contribution < -0.4 is 0 Å². The second kappa shape index (κ2) is 3.63. The minimum atomic E-state index is -4.20. The number of nitrogens with zero attached hydrogens (tertiary/aromatic N) is 2. The molecule has 1 heterocycles. The lowest BCUT2D eigenvalue weighted by Gasteiger charge is -2.09. The monoisotopic (exact) mass is 206 g/mol. The molecule has 0 unspecified atom stereocenters. The molecular formula is C9H13F3N2. The molecular weight excluding hydrogens is 193 g/mol. The molecule has 0 bridgehead atoms. The lowest BCUT2D eigenvalue weighted by molar-refractivity contribution is -0.142. The molecule has 5 heteroatoms. The summed E-state index contributed by atoms with van der Waals surface area (Å²) in [5.74, 6) is 0.206. The van der Waals surface area contributed by atoms with Crippen LogP contribution in [0.4, 0.5) is 13.2 Å². The summed E-state index contributed by atoms with van der Waals surface area (Å²) in [5, 5.41) is 3.72. The van der Waals surface area contributed by atoms with Gasteiger partial charge in [-0.25, -0.2) is 0 Å².